The molecule has 0 saturated heterocycles. The number of anilines is 3. The van der Waals surface area contributed by atoms with E-state index in [0.717, 1.165) is 21.4 Å². The zero-order valence-electron chi connectivity index (χ0n) is 9.60. The molecule has 2 aromatic carbocycles. The largest absolute Gasteiger partial charge is 0.397 e. The Labute approximate surface area is 124 Å². The summed E-state index contributed by atoms with van der Waals surface area (Å²) in [6.45, 7) is 2.02. The summed E-state index contributed by atoms with van der Waals surface area (Å²) in [5.74, 6) is 0. The molecule has 2 aromatic rings. The van der Waals surface area contributed by atoms with Gasteiger partial charge in [0, 0.05) is 10.2 Å². The van der Waals surface area contributed by atoms with E-state index in [9.17, 15) is 0 Å². The summed E-state index contributed by atoms with van der Waals surface area (Å²) in [6.07, 6.45) is 0. The monoisotopic (exact) mass is 344 g/mol. The number of aryl methyl sites for hydroxylation is 1. The van der Waals surface area contributed by atoms with E-state index in [4.69, 9.17) is 28.9 Å². The van der Waals surface area contributed by atoms with Crippen molar-refractivity contribution >= 4 is 56.2 Å². The lowest BCUT2D eigenvalue weighted by Crippen LogP contribution is -1.97. The van der Waals surface area contributed by atoms with E-state index in [1.165, 1.54) is 0 Å². The molecule has 0 amide bonds. The molecule has 94 valence electrons. The van der Waals surface area contributed by atoms with Crippen LogP contribution in [-0.4, -0.2) is 0 Å². The average molecular weight is 346 g/mol. The van der Waals surface area contributed by atoms with Gasteiger partial charge in [0.1, 0.15) is 0 Å². The highest BCUT2D eigenvalue weighted by atomic mass is 79.9. The van der Waals surface area contributed by atoms with Crippen molar-refractivity contribution in [3.8, 4) is 0 Å². The standard InChI is InChI=1S/C13H11BrCl2N2/c1-7-2-8(14)4-9(3-7)18-13-6-11(16)10(15)5-12(13)17/h2-6,18H,17H2,1H3. The minimum atomic E-state index is 0.449. The van der Waals surface area contributed by atoms with Gasteiger partial charge in [-0.2, -0.15) is 0 Å². The van der Waals surface area contributed by atoms with Crippen LogP contribution in [0.2, 0.25) is 10.0 Å². The van der Waals surface area contributed by atoms with Gasteiger partial charge >= 0.3 is 0 Å². The Balaban J connectivity index is 2.36. The summed E-state index contributed by atoms with van der Waals surface area (Å²) in [5, 5.41) is 4.15. The third-order valence-corrected chi connectivity index (χ3v) is 3.59. The summed E-state index contributed by atoms with van der Waals surface area (Å²) in [5.41, 5.74) is 9.27. The molecule has 0 atom stereocenters. The lowest BCUT2D eigenvalue weighted by Gasteiger charge is -2.11. The van der Waals surface area contributed by atoms with Crippen molar-refractivity contribution in [3.63, 3.8) is 0 Å². The number of benzene rings is 2. The van der Waals surface area contributed by atoms with Crippen LogP contribution in [0.25, 0.3) is 0 Å². The molecule has 0 heterocycles. The molecule has 0 aliphatic rings. The van der Waals surface area contributed by atoms with E-state index in [-0.39, 0.29) is 0 Å². The third-order valence-electron chi connectivity index (χ3n) is 2.41. The second-order valence-electron chi connectivity index (χ2n) is 4.00. The van der Waals surface area contributed by atoms with Crippen molar-refractivity contribution in [2.24, 2.45) is 0 Å². The van der Waals surface area contributed by atoms with Gasteiger partial charge in [-0.05, 0) is 42.8 Å². The predicted molar refractivity (Wildman–Crippen MR) is 83.0 cm³/mol. The maximum absolute atomic E-state index is 5.98. The maximum atomic E-state index is 5.98. The first kappa shape index (κ1) is 13.5. The molecule has 0 radical (unpaired) electrons. The van der Waals surface area contributed by atoms with Crippen LogP contribution in [0.4, 0.5) is 17.1 Å². The van der Waals surface area contributed by atoms with Crippen LogP contribution in [0.5, 0.6) is 0 Å². The van der Waals surface area contributed by atoms with Crippen LogP contribution in [0.1, 0.15) is 5.56 Å². The van der Waals surface area contributed by atoms with Gasteiger partial charge in [-0.3, -0.25) is 0 Å². The first-order chi connectivity index (χ1) is 8.45. The van der Waals surface area contributed by atoms with Gasteiger partial charge in [-0.25, -0.2) is 0 Å². The molecule has 2 nitrogen and oxygen atoms in total. The van der Waals surface area contributed by atoms with Gasteiger partial charge in [0.15, 0.2) is 0 Å². The number of nitrogens with one attached hydrogen (secondary N) is 1. The van der Waals surface area contributed by atoms with Gasteiger partial charge in [-0.15, -0.1) is 0 Å². The van der Waals surface area contributed by atoms with E-state index in [2.05, 4.69) is 21.2 Å². The van der Waals surface area contributed by atoms with Crippen molar-refractivity contribution in [2.45, 2.75) is 6.92 Å². The molecule has 0 spiro atoms. The lowest BCUT2D eigenvalue weighted by atomic mass is 10.2. The Hall–Kier alpha value is -0.900. The second kappa shape index (κ2) is 5.39. The Kier molecular flexibility index (Phi) is 4.05. The molecule has 3 N–H and O–H groups in total. The number of nitrogens with two attached hydrogens (primary N) is 1. The number of rotatable bonds is 2. The van der Waals surface area contributed by atoms with Crippen molar-refractivity contribution in [1.82, 2.24) is 0 Å². The number of nitrogen functional groups attached to an aromatic ring is 1. The maximum Gasteiger partial charge on any atom is 0.0633 e. The van der Waals surface area contributed by atoms with Crippen molar-refractivity contribution in [2.75, 3.05) is 11.1 Å². The van der Waals surface area contributed by atoms with E-state index >= 15 is 0 Å². The van der Waals surface area contributed by atoms with Crippen molar-refractivity contribution < 1.29 is 0 Å². The second-order valence-corrected chi connectivity index (χ2v) is 5.73. The molecule has 5 heteroatoms. The lowest BCUT2D eigenvalue weighted by molar-refractivity contribution is 1.43. The quantitative estimate of drug-likeness (QED) is 0.716. The van der Waals surface area contributed by atoms with Crippen LogP contribution in [0, 0.1) is 6.92 Å². The van der Waals surface area contributed by atoms with Crippen LogP contribution in [-0.2, 0) is 0 Å². The highest BCUT2D eigenvalue weighted by Crippen LogP contribution is 2.33. The van der Waals surface area contributed by atoms with Crippen LogP contribution >= 0.6 is 39.1 Å². The highest BCUT2D eigenvalue weighted by Gasteiger charge is 2.06. The Morgan fingerprint density at radius 1 is 1.06 bits per heavy atom. The molecule has 2 rings (SSSR count). The molecule has 0 aliphatic carbocycles. The van der Waals surface area contributed by atoms with Gasteiger partial charge < -0.3 is 11.1 Å². The average Bonchev–Trinajstić information content (AvgIpc) is 2.24. The smallest absolute Gasteiger partial charge is 0.0633 e. The molecular weight excluding hydrogens is 335 g/mol. The van der Waals surface area contributed by atoms with Gasteiger partial charge in [-0.1, -0.05) is 39.1 Å². The summed E-state index contributed by atoms with van der Waals surface area (Å²) in [4.78, 5) is 0. The normalized spacial score (nSPS) is 10.4. The van der Waals surface area contributed by atoms with Gasteiger partial charge in [0.05, 0.1) is 21.4 Å². The fourth-order valence-electron chi connectivity index (χ4n) is 1.63. The molecule has 0 aromatic heterocycles. The number of halogens is 3. The van der Waals surface area contributed by atoms with Crippen LogP contribution in [0.3, 0.4) is 0 Å². The fourth-order valence-corrected chi connectivity index (χ4v) is 2.58. The Bertz CT molecular complexity index is 580. The first-order valence-electron chi connectivity index (χ1n) is 5.24. The third kappa shape index (κ3) is 3.10. The van der Waals surface area contributed by atoms with E-state index < -0.39 is 0 Å². The molecule has 18 heavy (non-hydrogen) atoms. The zero-order chi connectivity index (χ0) is 13.3. The summed E-state index contributed by atoms with van der Waals surface area (Å²) in [6, 6.07) is 9.37. The zero-order valence-corrected chi connectivity index (χ0v) is 12.7. The minimum absolute atomic E-state index is 0.449. The van der Waals surface area contributed by atoms with Crippen LogP contribution in [0.15, 0.2) is 34.8 Å². The number of hydrogen-bond donors (Lipinski definition) is 2. The van der Waals surface area contributed by atoms with E-state index in [1.54, 1.807) is 12.1 Å². The van der Waals surface area contributed by atoms with E-state index in [1.807, 2.05) is 25.1 Å². The fraction of sp³-hybridized carbons (Fsp3) is 0.0769. The molecule has 0 aliphatic heterocycles. The van der Waals surface area contributed by atoms with Gasteiger partial charge in [0.25, 0.3) is 0 Å². The SMILES string of the molecule is Cc1cc(Br)cc(Nc2cc(Cl)c(Cl)cc2N)c1. The minimum Gasteiger partial charge on any atom is -0.397 e. The van der Waals surface area contributed by atoms with Crippen LogP contribution < -0.4 is 11.1 Å². The molecule has 0 unspecified atom stereocenters. The van der Waals surface area contributed by atoms with Gasteiger partial charge in [0.2, 0.25) is 0 Å². The Morgan fingerprint density at radius 3 is 2.39 bits per heavy atom. The first-order valence-corrected chi connectivity index (χ1v) is 6.79. The highest BCUT2D eigenvalue weighted by molar-refractivity contribution is 9.10. The Morgan fingerprint density at radius 2 is 1.72 bits per heavy atom. The summed E-state index contributed by atoms with van der Waals surface area (Å²) < 4.78 is 1.00. The molecule has 0 saturated carbocycles. The molecule has 0 bridgehead atoms. The summed E-state index contributed by atoms with van der Waals surface area (Å²) >= 11 is 15.3. The topological polar surface area (TPSA) is 38.0 Å². The van der Waals surface area contributed by atoms with E-state index in [0.29, 0.717) is 15.7 Å². The van der Waals surface area contributed by atoms with Crippen molar-refractivity contribution in [3.05, 3.63) is 50.4 Å². The summed E-state index contributed by atoms with van der Waals surface area (Å²) in [7, 11) is 0. The molecular formula is C13H11BrCl2N2. The predicted octanol–water partition coefficient (Wildman–Crippen LogP) is 5.39. The number of hydrogen-bond acceptors (Lipinski definition) is 2. The van der Waals surface area contributed by atoms with Crippen molar-refractivity contribution in [1.29, 1.82) is 0 Å². The molecule has 0 fully saturated rings.